The van der Waals surface area contributed by atoms with Gasteiger partial charge in [0.25, 0.3) is 0 Å². The topological polar surface area (TPSA) is 45.7 Å². The van der Waals surface area contributed by atoms with Gasteiger partial charge in [-0.05, 0) is 49.8 Å². The molecule has 1 fully saturated rings. The monoisotopic (exact) mass is 417 g/mol. The Bertz CT molecular complexity index is 505. The summed E-state index contributed by atoms with van der Waals surface area (Å²) in [4.78, 5) is 4.65. The normalized spacial score (nSPS) is 20.1. The van der Waals surface area contributed by atoms with Crippen LogP contribution >= 0.6 is 24.0 Å². The summed E-state index contributed by atoms with van der Waals surface area (Å²) >= 11 is 0. The number of hydrogen-bond acceptors (Lipinski definition) is 2. The van der Waals surface area contributed by atoms with E-state index < -0.39 is 0 Å². The molecule has 2 rings (SSSR count). The van der Waals surface area contributed by atoms with Crippen LogP contribution in [0.15, 0.2) is 23.2 Å². The van der Waals surface area contributed by atoms with Gasteiger partial charge in [-0.1, -0.05) is 19.1 Å². The van der Waals surface area contributed by atoms with Crippen molar-refractivity contribution in [2.24, 2.45) is 10.9 Å². The number of hydrogen-bond donors (Lipinski definition) is 2. The first kappa shape index (κ1) is 19.1. The van der Waals surface area contributed by atoms with E-state index in [2.05, 4.69) is 54.6 Å². The minimum Gasteiger partial charge on any atom is -0.496 e. The maximum Gasteiger partial charge on any atom is 0.191 e. The van der Waals surface area contributed by atoms with Crippen LogP contribution in [0.1, 0.15) is 31.4 Å². The third kappa shape index (κ3) is 5.66. The van der Waals surface area contributed by atoms with Crippen LogP contribution in [0.3, 0.4) is 0 Å². The standard InChI is InChI=1S/C17H27N3O.HI/c1-5-18-17(20-15-10-13(15)3)19-9-8-14-7-6-12(2)16(11-14)21-4;/h6-7,11,13,15H,5,8-10H2,1-4H3,(H2,18,19,20);1H. The molecule has 22 heavy (non-hydrogen) atoms. The molecule has 0 radical (unpaired) electrons. The highest BCUT2D eigenvalue weighted by Gasteiger charge is 2.33. The zero-order chi connectivity index (χ0) is 15.2. The van der Waals surface area contributed by atoms with E-state index in [1.807, 2.05) is 0 Å². The number of aliphatic imine (C=N–C) groups is 1. The minimum absolute atomic E-state index is 0. The molecule has 5 heteroatoms. The molecule has 2 atom stereocenters. The second kappa shape index (κ2) is 9.22. The zero-order valence-electron chi connectivity index (χ0n) is 14.0. The molecule has 0 aromatic heterocycles. The summed E-state index contributed by atoms with van der Waals surface area (Å²) in [5, 5.41) is 6.78. The van der Waals surface area contributed by atoms with E-state index in [0.29, 0.717) is 6.04 Å². The second-order valence-electron chi connectivity index (χ2n) is 5.78. The molecule has 2 unspecified atom stereocenters. The van der Waals surface area contributed by atoms with Gasteiger partial charge in [0.15, 0.2) is 5.96 Å². The van der Waals surface area contributed by atoms with E-state index in [-0.39, 0.29) is 24.0 Å². The van der Waals surface area contributed by atoms with Crippen LogP contribution in [0, 0.1) is 12.8 Å². The predicted molar refractivity (Wildman–Crippen MR) is 104 cm³/mol. The van der Waals surface area contributed by atoms with Crippen molar-refractivity contribution in [2.45, 2.75) is 39.7 Å². The lowest BCUT2D eigenvalue weighted by Gasteiger charge is -2.11. The number of nitrogens with one attached hydrogen (secondary N) is 2. The van der Waals surface area contributed by atoms with Crippen LogP contribution in [0.4, 0.5) is 0 Å². The Morgan fingerprint density at radius 2 is 2.14 bits per heavy atom. The molecule has 0 amide bonds. The van der Waals surface area contributed by atoms with Crippen LogP contribution in [-0.2, 0) is 6.42 Å². The molecule has 0 spiro atoms. The molecule has 1 saturated carbocycles. The highest BCUT2D eigenvalue weighted by atomic mass is 127. The SMILES string of the molecule is CCNC(=NCCc1ccc(C)c(OC)c1)NC1CC1C.I. The van der Waals surface area contributed by atoms with Crippen molar-refractivity contribution in [1.29, 1.82) is 0 Å². The zero-order valence-corrected chi connectivity index (χ0v) is 16.3. The van der Waals surface area contributed by atoms with Crippen LogP contribution < -0.4 is 15.4 Å². The van der Waals surface area contributed by atoms with Crippen molar-refractivity contribution in [3.05, 3.63) is 29.3 Å². The molecule has 1 aromatic rings. The van der Waals surface area contributed by atoms with Gasteiger partial charge in [-0.25, -0.2) is 0 Å². The fourth-order valence-corrected chi connectivity index (χ4v) is 2.34. The van der Waals surface area contributed by atoms with Crippen molar-refractivity contribution in [3.63, 3.8) is 0 Å². The van der Waals surface area contributed by atoms with Crippen molar-refractivity contribution in [2.75, 3.05) is 20.2 Å². The Hall–Kier alpha value is -0.980. The fraction of sp³-hybridized carbons (Fsp3) is 0.588. The highest BCUT2D eigenvalue weighted by molar-refractivity contribution is 14.0. The summed E-state index contributed by atoms with van der Waals surface area (Å²) in [5.41, 5.74) is 2.43. The summed E-state index contributed by atoms with van der Waals surface area (Å²) in [6.45, 7) is 8.09. The summed E-state index contributed by atoms with van der Waals surface area (Å²) < 4.78 is 5.36. The summed E-state index contributed by atoms with van der Waals surface area (Å²) in [6.07, 6.45) is 2.17. The number of ether oxygens (including phenoxy) is 1. The summed E-state index contributed by atoms with van der Waals surface area (Å²) in [7, 11) is 1.72. The molecular weight excluding hydrogens is 389 g/mol. The van der Waals surface area contributed by atoms with E-state index in [1.54, 1.807) is 7.11 Å². The molecule has 2 N–H and O–H groups in total. The van der Waals surface area contributed by atoms with Gasteiger partial charge >= 0.3 is 0 Å². The smallest absolute Gasteiger partial charge is 0.191 e. The molecule has 0 bridgehead atoms. The van der Waals surface area contributed by atoms with Crippen LogP contribution in [0.25, 0.3) is 0 Å². The summed E-state index contributed by atoms with van der Waals surface area (Å²) in [6, 6.07) is 6.96. The van der Waals surface area contributed by atoms with Crippen molar-refractivity contribution < 1.29 is 4.74 Å². The fourth-order valence-electron chi connectivity index (χ4n) is 2.34. The van der Waals surface area contributed by atoms with Gasteiger partial charge in [0.2, 0.25) is 0 Å². The number of guanidine groups is 1. The first-order valence-corrected chi connectivity index (χ1v) is 7.82. The predicted octanol–water partition coefficient (Wildman–Crippen LogP) is 3.13. The first-order chi connectivity index (χ1) is 10.1. The van der Waals surface area contributed by atoms with E-state index in [4.69, 9.17) is 4.74 Å². The van der Waals surface area contributed by atoms with Gasteiger partial charge in [-0.3, -0.25) is 4.99 Å². The average molecular weight is 417 g/mol. The number of rotatable bonds is 6. The van der Waals surface area contributed by atoms with Crippen molar-refractivity contribution >= 4 is 29.9 Å². The van der Waals surface area contributed by atoms with Gasteiger partial charge in [-0.15, -0.1) is 24.0 Å². The lowest BCUT2D eigenvalue weighted by Crippen LogP contribution is -2.39. The largest absolute Gasteiger partial charge is 0.496 e. The minimum atomic E-state index is 0. The Kier molecular flexibility index (Phi) is 8.00. The number of halogens is 1. The average Bonchev–Trinajstić information content (AvgIpc) is 3.16. The molecule has 1 aliphatic rings. The molecule has 1 aromatic carbocycles. The number of benzene rings is 1. The maximum absolute atomic E-state index is 5.36. The van der Waals surface area contributed by atoms with E-state index >= 15 is 0 Å². The maximum atomic E-state index is 5.36. The van der Waals surface area contributed by atoms with Gasteiger partial charge in [0.05, 0.1) is 7.11 Å². The quantitative estimate of drug-likeness (QED) is 0.425. The van der Waals surface area contributed by atoms with Gasteiger partial charge in [0.1, 0.15) is 5.75 Å². The van der Waals surface area contributed by atoms with Crippen LogP contribution in [0.2, 0.25) is 0 Å². The Morgan fingerprint density at radius 3 is 2.73 bits per heavy atom. The van der Waals surface area contributed by atoms with E-state index in [9.17, 15) is 0 Å². The van der Waals surface area contributed by atoms with Crippen molar-refractivity contribution in [3.8, 4) is 5.75 Å². The second-order valence-corrected chi connectivity index (χ2v) is 5.78. The molecule has 4 nitrogen and oxygen atoms in total. The lowest BCUT2D eigenvalue weighted by molar-refractivity contribution is 0.411. The molecule has 0 saturated heterocycles. The van der Waals surface area contributed by atoms with Gasteiger partial charge < -0.3 is 15.4 Å². The third-order valence-electron chi connectivity index (χ3n) is 3.92. The molecular formula is C17H28IN3O. The lowest BCUT2D eigenvalue weighted by atomic mass is 10.1. The third-order valence-corrected chi connectivity index (χ3v) is 3.92. The first-order valence-electron chi connectivity index (χ1n) is 7.82. The number of methoxy groups -OCH3 is 1. The van der Waals surface area contributed by atoms with Crippen LogP contribution in [0.5, 0.6) is 5.75 Å². The Balaban J connectivity index is 0.00000242. The highest BCUT2D eigenvalue weighted by Crippen LogP contribution is 2.28. The van der Waals surface area contributed by atoms with Gasteiger partial charge in [-0.2, -0.15) is 0 Å². The van der Waals surface area contributed by atoms with E-state index in [1.165, 1.54) is 17.5 Å². The Labute approximate surface area is 151 Å². The Morgan fingerprint density at radius 1 is 1.41 bits per heavy atom. The number of nitrogens with zero attached hydrogens (tertiary/aromatic N) is 1. The van der Waals surface area contributed by atoms with Gasteiger partial charge in [0, 0.05) is 19.1 Å². The molecule has 0 aliphatic heterocycles. The van der Waals surface area contributed by atoms with Crippen molar-refractivity contribution in [1.82, 2.24) is 10.6 Å². The molecule has 124 valence electrons. The number of aryl methyl sites for hydroxylation is 1. The summed E-state index contributed by atoms with van der Waals surface area (Å²) in [5.74, 6) is 2.66. The molecule has 1 aliphatic carbocycles. The van der Waals surface area contributed by atoms with Crippen LogP contribution in [-0.4, -0.2) is 32.2 Å². The van der Waals surface area contributed by atoms with E-state index in [0.717, 1.165) is 37.1 Å². The molecule has 0 heterocycles.